The van der Waals surface area contributed by atoms with Gasteiger partial charge in [0.05, 0.1) is 18.1 Å². The molecule has 1 aromatic heterocycles. The number of allylic oxidation sites excluding steroid dienone is 2. The predicted octanol–water partition coefficient (Wildman–Crippen LogP) is 6.26. The Balaban J connectivity index is 1.72. The third-order valence-corrected chi connectivity index (χ3v) is 6.00. The van der Waals surface area contributed by atoms with E-state index in [1.807, 2.05) is 36.4 Å². The van der Waals surface area contributed by atoms with Crippen LogP contribution in [-0.2, 0) is 6.61 Å². The van der Waals surface area contributed by atoms with Gasteiger partial charge in [0.1, 0.15) is 12.4 Å². The number of carboxylic acids is 1. The largest absolute Gasteiger partial charge is 0.488 e. The zero-order valence-electron chi connectivity index (χ0n) is 15.9. The fraction of sp³-hybridized carbons (Fsp3) is 0.174. The van der Waals surface area contributed by atoms with Crippen molar-refractivity contribution < 1.29 is 14.6 Å². The molecule has 1 N–H and O–H groups in total. The van der Waals surface area contributed by atoms with E-state index in [1.54, 1.807) is 12.3 Å². The molecule has 1 aliphatic rings. The first-order valence-corrected chi connectivity index (χ1v) is 10.6. The Bertz CT molecular complexity index is 1150. The number of aromatic carboxylic acids is 1. The van der Waals surface area contributed by atoms with Crippen molar-refractivity contribution in [2.75, 3.05) is 0 Å². The monoisotopic (exact) mass is 484 g/mol. The number of hydrogen-bond acceptors (Lipinski definition) is 4. The van der Waals surface area contributed by atoms with E-state index in [0.717, 1.165) is 51.8 Å². The number of halogens is 2. The third kappa shape index (κ3) is 4.40. The highest BCUT2D eigenvalue weighted by Crippen LogP contribution is 2.43. The molecular formula is C23H18BrClN2O3. The summed E-state index contributed by atoms with van der Waals surface area (Å²) in [6.07, 6.45) is 5.44. The van der Waals surface area contributed by atoms with Crippen LogP contribution in [0.1, 0.15) is 46.6 Å². The number of hydrogen-bond donors (Lipinski definition) is 1. The molecule has 3 aromatic rings. The molecule has 30 heavy (non-hydrogen) atoms. The number of benzene rings is 2. The summed E-state index contributed by atoms with van der Waals surface area (Å²) in [6.45, 7) is 0.410. The highest BCUT2D eigenvalue weighted by Gasteiger charge is 2.23. The Hall–Kier alpha value is -2.70. The minimum Gasteiger partial charge on any atom is -0.488 e. The van der Waals surface area contributed by atoms with Crippen LogP contribution in [0.2, 0.25) is 5.02 Å². The summed E-state index contributed by atoms with van der Waals surface area (Å²) in [5.41, 5.74) is 4.51. The Labute approximate surface area is 187 Å². The van der Waals surface area contributed by atoms with Gasteiger partial charge in [0.15, 0.2) is 5.69 Å². The number of aromatic nitrogens is 2. The molecule has 0 saturated carbocycles. The molecule has 0 amide bonds. The standard InChI is InChI=1S/C23H18BrClN2O3/c24-19-7-2-1-4-14(19)13-30-22-9-8-15(25)10-18(22)16-5-3-6-17(16)20-11-26-12-21(27-20)23(28)29/h1-2,4,7-12H,3,5-6,13H2,(H,28,29). The lowest BCUT2D eigenvalue weighted by Crippen LogP contribution is -2.04. The van der Waals surface area contributed by atoms with Crippen LogP contribution in [0.3, 0.4) is 0 Å². The van der Waals surface area contributed by atoms with Crippen LogP contribution in [0.25, 0.3) is 11.1 Å². The lowest BCUT2D eigenvalue weighted by Gasteiger charge is -2.15. The van der Waals surface area contributed by atoms with Gasteiger partial charge in [0.2, 0.25) is 0 Å². The van der Waals surface area contributed by atoms with Gasteiger partial charge in [-0.1, -0.05) is 45.7 Å². The predicted molar refractivity (Wildman–Crippen MR) is 120 cm³/mol. The van der Waals surface area contributed by atoms with Crippen LogP contribution >= 0.6 is 27.5 Å². The highest BCUT2D eigenvalue weighted by atomic mass is 79.9. The van der Waals surface area contributed by atoms with Gasteiger partial charge in [-0.05, 0) is 54.7 Å². The van der Waals surface area contributed by atoms with Crippen LogP contribution in [0.4, 0.5) is 0 Å². The van der Waals surface area contributed by atoms with Crippen molar-refractivity contribution in [2.24, 2.45) is 0 Å². The zero-order valence-corrected chi connectivity index (χ0v) is 18.3. The minimum absolute atomic E-state index is 0.0669. The van der Waals surface area contributed by atoms with Crippen molar-refractivity contribution in [3.8, 4) is 5.75 Å². The van der Waals surface area contributed by atoms with E-state index in [-0.39, 0.29) is 5.69 Å². The van der Waals surface area contributed by atoms with Crippen LogP contribution in [0, 0.1) is 0 Å². The molecular weight excluding hydrogens is 468 g/mol. The van der Waals surface area contributed by atoms with Gasteiger partial charge in [-0.15, -0.1) is 0 Å². The average molecular weight is 486 g/mol. The van der Waals surface area contributed by atoms with Gasteiger partial charge in [-0.25, -0.2) is 9.78 Å². The lowest BCUT2D eigenvalue weighted by atomic mass is 9.99. The molecule has 0 bridgehead atoms. The van der Waals surface area contributed by atoms with Crippen molar-refractivity contribution in [1.82, 2.24) is 9.97 Å². The maximum Gasteiger partial charge on any atom is 0.356 e. The first-order valence-electron chi connectivity index (χ1n) is 9.47. The third-order valence-electron chi connectivity index (χ3n) is 4.99. The molecule has 0 atom stereocenters. The summed E-state index contributed by atoms with van der Waals surface area (Å²) in [7, 11) is 0. The van der Waals surface area contributed by atoms with Crippen LogP contribution in [0.5, 0.6) is 5.75 Å². The molecule has 2 aromatic carbocycles. The summed E-state index contributed by atoms with van der Waals surface area (Å²) in [5.74, 6) is -0.364. The second-order valence-electron chi connectivity index (χ2n) is 6.93. The highest BCUT2D eigenvalue weighted by molar-refractivity contribution is 9.10. The molecule has 7 heteroatoms. The van der Waals surface area contributed by atoms with Gasteiger partial charge in [0.25, 0.3) is 0 Å². The van der Waals surface area contributed by atoms with Crippen LogP contribution in [0.15, 0.2) is 59.3 Å². The van der Waals surface area contributed by atoms with Crippen molar-refractivity contribution in [3.05, 3.63) is 86.9 Å². The SMILES string of the molecule is O=C(O)c1cncc(C2=C(c3cc(Cl)ccc3OCc3ccccc3Br)CCC2)n1. The van der Waals surface area contributed by atoms with Crippen molar-refractivity contribution >= 4 is 44.6 Å². The molecule has 5 nitrogen and oxygen atoms in total. The maximum atomic E-state index is 11.3. The Morgan fingerprint density at radius 3 is 2.73 bits per heavy atom. The zero-order chi connectivity index (χ0) is 21.1. The van der Waals surface area contributed by atoms with Gasteiger partial charge >= 0.3 is 5.97 Å². The number of ether oxygens (including phenoxy) is 1. The summed E-state index contributed by atoms with van der Waals surface area (Å²) in [6, 6.07) is 13.5. The summed E-state index contributed by atoms with van der Waals surface area (Å²) >= 11 is 9.86. The Morgan fingerprint density at radius 2 is 1.93 bits per heavy atom. The molecule has 1 aliphatic carbocycles. The first kappa shape index (κ1) is 20.6. The van der Waals surface area contributed by atoms with E-state index < -0.39 is 5.97 Å². The van der Waals surface area contributed by atoms with Crippen molar-refractivity contribution in [2.45, 2.75) is 25.9 Å². The average Bonchev–Trinajstić information content (AvgIpc) is 3.24. The Morgan fingerprint density at radius 1 is 1.13 bits per heavy atom. The number of rotatable bonds is 6. The molecule has 1 heterocycles. The smallest absolute Gasteiger partial charge is 0.356 e. The normalized spacial score (nSPS) is 13.5. The molecule has 152 valence electrons. The second-order valence-corrected chi connectivity index (χ2v) is 8.22. The van der Waals surface area contributed by atoms with Crippen LogP contribution < -0.4 is 4.74 Å². The van der Waals surface area contributed by atoms with Gasteiger partial charge < -0.3 is 9.84 Å². The number of carbonyl (C=O) groups is 1. The second kappa shape index (κ2) is 8.98. The van der Waals surface area contributed by atoms with Crippen molar-refractivity contribution in [1.29, 1.82) is 0 Å². The topological polar surface area (TPSA) is 72.3 Å². The summed E-state index contributed by atoms with van der Waals surface area (Å²) in [4.78, 5) is 19.7. The molecule has 0 saturated heterocycles. The summed E-state index contributed by atoms with van der Waals surface area (Å²) < 4.78 is 7.15. The minimum atomic E-state index is -1.09. The van der Waals surface area contributed by atoms with E-state index >= 15 is 0 Å². The quantitative estimate of drug-likeness (QED) is 0.446. The Kier molecular flexibility index (Phi) is 6.16. The number of carboxylic acid groups (broad SMARTS) is 1. The molecule has 0 radical (unpaired) electrons. The maximum absolute atomic E-state index is 11.3. The van der Waals surface area contributed by atoms with E-state index in [2.05, 4.69) is 25.9 Å². The van der Waals surface area contributed by atoms with Gasteiger partial charge in [0, 0.05) is 20.6 Å². The fourth-order valence-electron chi connectivity index (χ4n) is 3.57. The number of nitrogens with zero attached hydrogens (tertiary/aromatic N) is 2. The van der Waals surface area contributed by atoms with Gasteiger partial charge in [-0.3, -0.25) is 4.98 Å². The first-order chi connectivity index (χ1) is 14.5. The van der Waals surface area contributed by atoms with Crippen molar-refractivity contribution in [3.63, 3.8) is 0 Å². The van der Waals surface area contributed by atoms with E-state index in [1.165, 1.54) is 6.20 Å². The fourth-order valence-corrected chi connectivity index (χ4v) is 4.14. The van der Waals surface area contributed by atoms with E-state index in [4.69, 9.17) is 16.3 Å². The van der Waals surface area contributed by atoms with Crippen LogP contribution in [-0.4, -0.2) is 21.0 Å². The molecule has 0 spiro atoms. The van der Waals surface area contributed by atoms with E-state index in [0.29, 0.717) is 17.3 Å². The molecule has 4 rings (SSSR count). The van der Waals surface area contributed by atoms with E-state index in [9.17, 15) is 9.90 Å². The molecule has 0 fully saturated rings. The lowest BCUT2D eigenvalue weighted by molar-refractivity contribution is 0.0690. The molecule has 0 unspecified atom stereocenters. The molecule has 0 aliphatic heterocycles. The summed E-state index contributed by atoms with van der Waals surface area (Å²) in [5, 5.41) is 9.87. The van der Waals surface area contributed by atoms with Gasteiger partial charge in [-0.2, -0.15) is 0 Å².